The Bertz CT molecular complexity index is 579. The van der Waals surface area contributed by atoms with Crippen molar-refractivity contribution in [1.29, 1.82) is 0 Å². The molecule has 0 atom stereocenters. The van der Waals surface area contributed by atoms with E-state index in [1.54, 1.807) is 54.6 Å². The Morgan fingerprint density at radius 2 is 1.44 bits per heavy atom. The standard InChI is InChI=1S/C14H9BrO3/c15-12-8-4-7-11(9-12)14(17)18-13(16)10-5-2-1-3-6-10/h1-9H. The van der Waals surface area contributed by atoms with Gasteiger partial charge in [0.05, 0.1) is 11.1 Å². The summed E-state index contributed by atoms with van der Waals surface area (Å²) in [4.78, 5) is 23.4. The molecule has 0 N–H and O–H groups in total. The fraction of sp³-hybridized carbons (Fsp3) is 0. The van der Waals surface area contributed by atoms with Crippen LogP contribution in [0.4, 0.5) is 0 Å². The highest BCUT2D eigenvalue weighted by Gasteiger charge is 2.14. The van der Waals surface area contributed by atoms with Gasteiger partial charge in [0.2, 0.25) is 0 Å². The van der Waals surface area contributed by atoms with Crippen LogP contribution in [0.5, 0.6) is 0 Å². The Morgan fingerprint density at radius 3 is 2.11 bits per heavy atom. The van der Waals surface area contributed by atoms with Crippen LogP contribution in [0.3, 0.4) is 0 Å². The monoisotopic (exact) mass is 304 g/mol. The van der Waals surface area contributed by atoms with Crippen molar-refractivity contribution in [3.63, 3.8) is 0 Å². The maximum atomic E-state index is 11.7. The molecule has 0 fully saturated rings. The lowest BCUT2D eigenvalue weighted by Gasteiger charge is -2.03. The van der Waals surface area contributed by atoms with Crippen molar-refractivity contribution in [2.75, 3.05) is 0 Å². The maximum absolute atomic E-state index is 11.7. The molecule has 0 saturated heterocycles. The van der Waals surface area contributed by atoms with E-state index >= 15 is 0 Å². The highest BCUT2D eigenvalue weighted by Crippen LogP contribution is 2.13. The lowest BCUT2D eigenvalue weighted by atomic mass is 10.2. The molecule has 0 aliphatic carbocycles. The van der Waals surface area contributed by atoms with Gasteiger partial charge in [-0.25, -0.2) is 9.59 Å². The summed E-state index contributed by atoms with van der Waals surface area (Å²) in [6, 6.07) is 15.1. The normalized spacial score (nSPS) is 9.83. The molecular formula is C14H9BrO3. The van der Waals surface area contributed by atoms with Crippen molar-refractivity contribution in [2.24, 2.45) is 0 Å². The second-order valence-corrected chi connectivity index (χ2v) is 4.47. The van der Waals surface area contributed by atoms with Crippen LogP contribution in [0.2, 0.25) is 0 Å². The molecule has 0 aliphatic heterocycles. The molecule has 0 aliphatic rings. The Balaban J connectivity index is 2.11. The highest BCUT2D eigenvalue weighted by molar-refractivity contribution is 9.10. The molecule has 0 heterocycles. The van der Waals surface area contributed by atoms with Crippen LogP contribution in [0.15, 0.2) is 59.1 Å². The van der Waals surface area contributed by atoms with Gasteiger partial charge in [-0.1, -0.05) is 40.2 Å². The summed E-state index contributed by atoms with van der Waals surface area (Å²) in [5.74, 6) is -1.31. The first-order chi connectivity index (χ1) is 8.66. The zero-order chi connectivity index (χ0) is 13.0. The quantitative estimate of drug-likeness (QED) is 0.630. The fourth-order valence-electron chi connectivity index (χ4n) is 1.39. The average molecular weight is 305 g/mol. The van der Waals surface area contributed by atoms with Gasteiger partial charge in [0.15, 0.2) is 0 Å². The van der Waals surface area contributed by atoms with Crippen LogP contribution >= 0.6 is 15.9 Å². The van der Waals surface area contributed by atoms with E-state index in [-0.39, 0.29) is 0 Å². The first kappa shape index (κ1) is 12.5. The van der Waals surface area contributed by atoms with E-state index in [0.29, 0.717) is 11.1 Å². The third-order valence-corrected chi connectivity index (χ3v) is 2.75. The summed E-state index contributed by atoms with van der Waals surface area (Å²) in [6.07, 6.45) is 0. The van der Waals surface area contributed by atoms with Crippen LogP contribution in [-0.2, 0) is 4.74 Å². The molecule has 3 nitrogen and oxygen atoms in total. The van der Waals surface area contributed by atoms with E-state index in [9.17, 15) is 9.59 Å². The SMILES string of the molecule is O=C(OC(=O)c1cccc(Br)c1)c1ccccc1. The van der Waals surface area contributed by atoms with Gasteiger partial charge in [-0.05, 0) is 30.3 Å². The lowest BCUT2D eigenvalue weighted by molar-refractivity contribution is 0.0398. The number of esters is 2. The minimum Gasteiger partial charge on any atom is -0.386 e. The number of halogens is 1. The van der Waals surface area contributed by atoms with E-state index in [4.69, 9.17) is 4.74 Å². The largest absolute Gasteiger partial charge is 0.386 e. The Kier molecular flexibility index (Phi) is 3.89. The maximum Gasteiger partial charge on any atom is 0.346 e. The lowest BCUT2D eigenvalue weighted by Crippen LogP contribution is -2.12. The number of ether oxygens (including phenoxy) is 1. The zero-order valence-electron chi connectivity index (χ0n) is 9.30. The van der Waals surface area contributed by atoms with E-state index in [2.05, 4.69) is 15.9 Å². The van der Waals surface area contributed by atoms with Crippen LogP contribution < -0.4 is 0 Å². The summed E-state index contributed by atoms with van der Waals surface area (Å²) in [6.45, 7) is 0. The van der Waals surface area contributed by atoms with Crippen molar-refractivity contribution in [2.45, 2.75) is 0 Å². The second-order valence-electron chi connectivity index (χ2n) is 3.55. The minimum absolute atomic E-state index is 0.327. The smallest absolute Gasteiger partial charge is 0.346 e. The van der Waals surface area contributed by atoms with Gasteiger partial charge in [-0.3, -0.25) is 0 Å². The topological polar surface area (TPSA) is 43.4 Å². The Hall–Kier alpha value is -1.94. The fourth-order valence-corrected chi connectivity index (χ4v) is 1.79. The molecule has 0 unspecified atom stereocenters. The van der Waals surface area contributed by atoms with Gasteiger partial charge in [0.25, 0.3) is 0 Å². The number of carbonyl (C=O) groups is 2. The first-order valence-corrected chi connectivity index (χ1v) is 6.03. The average Bonchev–Trinajstić information content (AvgIpc) is 2.39. The van der Waals surface area contributed by atoms with E-state index < -0.39 is 11.9 Å². The summed E-state index contributed by atoms with van der Waals surface area (Å²) in [5, 5.41) is 0. The summed E-state index contributed by atoms with van der Waals surface area (Å²) in [5.41, 5.74) is 0.675. The van der Waals surface area contributed by atoms with Gasteiger partial charge in [-0.2, -0.15) is 0 Å². The van der Waals surface area contributed by atoms with E-state index in [1.807, 2.05) is 0 Å². The molecule has 2 aromatic rings. The molecule has 2 aromatic carbocycles. The number of hydrogen-bond donors (Lipinski definition) is 0. The summed E-state index contributed by atoms with van der Waals surface area (Å²) in [7, 11) is 0. The van der Waals surface area contributed by atoms with Crippen molar-refractivity contribution in [1.82, 2.24) is 0 Å². The molecule has 0 radical (unpaired) electrons. The zero-order valence-corrected chi connectivity index (χ0v) is 10.9. The second kappa shape index (κ2) is 5.60. The molecule has 0 spiro atoms. The van der Waals surface area contributed by atoms with Crippen molar-refractivity contribution in [3.8, 4) is 0 Å². The van der Waals surface area contributed by atoms with Crippen LogP contribution in [0.1, 0.15) is 20.7 Å². The number of hydrogen-bond acceptors (Lipinski definition) is 3. The molecule has 0 amide bonds. The van der Waals surface area contributed by atoms with Crippen molar-refractivity contribution in [3.05, 3.63) is 70.2 Å². The third kappa shape index (κ3) is 3.05. The molecule has 90 valence electrons. The number of benzene rings is 2. The highest BCUT2D eigenvalue weighted by atomic mass is 79.9. The van der Waals surface area contributed by atoms with E-state index in [0.717, 1.165) is 4.47 Å². The molecule has 0 aromatic heterocycles. The van der Waals surface area contributed by atoms with Crippen molar-refractivity contribution >= 4 is 27.9 Å². The van der Waals surface area contributed by atoms with Crippen LogP contribution in [0.25, 0.3) is 0 Å². The van der Waals surface area contributed by atoms with Gasteiger partial charge < -0.3 is 4.74 Å². The van der Waals surface area contributed by atoms with Gasteiger partial charge in [0, 0.05) is 4.47 Å². The third-order valence-electron chi connectivity index (χ3n) is 2.26. The molecule has 2 rings (SSSR count). The predicted octanol–water partition coefficient (Wildman–Crippen LogP) is 3.45. The van der Waals surface area contributed by atoms with Crippen LogP contribution in [-0.4, -0.2) is 11.9 Å². The molecule has 0 bridgehead atoms. The van der Waals surface area contributed by atoms with Crippen molar-refractivity contribution < 1.29 is 14.3 Å². The van der Waals surface area contributed by atoms with Gasteiger partial charge >= 0.3 is 11.9 Å². The van der Waals surface area contributed by atoms with Crippen LogP contribution in [0, 0.1) is 0 Å². The summed E-state index contributed by atoms with van der Waals surface area (Å²) >= 11 is 3.25. The molecule has 18 heavy (non-hydrogen) atoms. The van der Waals surface area contributed by atoms with Gasteiger partial charge in [-0.15, -0.1) is 0 Å². The van der Waals surface area contributed by atoms with Gasteiger partial charge in [0.1, 0.15) is 0 Å². The van der Waals surface area contributed by atoms with E-state index in [1.165, 1.54) is 0 Å². The minimum atomic E-state index is -0.662. The Labute approximate surface area is 113 Å². The first-order valence-electron chi connectivity index (χ1n) is 5.24. The predicted molar refractivity (Wildman–Crippen MR) is 70.3 cm³/mol. The molecule has 4 heteroatoms. The summed E-state index contributed by atoms with van der Waals surface area (Å²) < 4.78 is 5.53. The Morgan fingerprint density at radius 1 is 0.833 bits per heavy atom. The number of rotatable bonds is 2. The molecule has 0 saturated carbocycles. The number of carbonyl (C=O) groups excluding carboxylic acids is 2. The molecular weight excluding hydrogens is 296 g/mol.